The number of hydrogen-bond acceptors (Lipinski definition) is 6. The zero-order valence-electron chi connectivity index (χ0n) is 14.3. The van der Waals surface area contributed by atoms with Gasteiger partial charge in [-0.15, -0.1) is 10.2 Å². The first kappa shape index (κ1) is 16.7. The van der Waals surface area contributed by atoms with Crippen molar-refractivity contribution >= 4 is 11.8 Å². The summed E-state index contributed by atoms with van der Waals surface area (Å²) in [5.41, 5.74) is 0.586. The van der Waals surface area contributed by atoms with Crippen molar-refractivity contribution < 1.29 is 4.79 Å². The molecule has 0 radical (unpaired) electrons. The Bertz CT molecular complexity index is 787. The van der Waals surface area contributed by atoms with Gasteiger partial charge in [0.1, 0.15) is 12.1 Å². The lowest BCUT2D eigenvalue weighted by molar-refractivity contribution is 0.190. The molecule has 1 atom stereocenters. The van der Waals surface area contributed by atoms with Gasteiger partial charge in [0.15, 0.2) is 5.82 Å². The van der Waals surface area contributed by atoms with Crippen LogP contribution < -0.4 is 10.2 Å². The largest absolute Gasteiger partial charge is 0.353 e. The number of amides is 2. The van der Waals surface area contributed by atoms with Gasteiger partial charge in [-0.3, -0.25) is 0 Å². The molecule has 0 aliphatic carbocycles. The minimum absolute atomic E-state index is 0.117. The van der Waals surface area contributed by atoms with Crippen molar-refractivity contribution in [2.75, 3.05) is 31.1 Å². The van der Waals surface area contributed by atoms with Crippen LogP contribution in [0.2, 0.25) is 0 Å². The fraction of sp³-hybridized carbons (Fsp3) is 0.438. The number of carbonyl (C=O) groups is 1. The molecule has 130 valence electrons. The highest BCUT2D eigenvalue weighted by Crippen LogP contribution is 2.15. The van der Waals surface area contributed by atoms with Gasteiger partial charge in [-0.1, -0.05) is 0 Å². The molecule has 2 amide bonds. The summed E-state index contributed by atoms with van der Waals surface area (Å²) in [6, 6.07) is 5.24. The summed E-state index contributed by atoms with van der Waals surface area (Å²) in [4.78, 5) is 20.6. The second kappa shape index (κ2) is 7.17. The van der Waals surface area contributed by atoms with Crippen molar-refractivity contribution in [3.05, 3.63) is 36.0 Å². The second-order valence-electron chi connectivity index (χ2n) is 5.96. The number of aryl methyl sites for hydroxylation is 1. The number of urea groups is 1. The molecule has 0 spiro atoms. The van der Waals surface area contributed by atoms with Crippen molar-refractivity contribution in [2.45, 2.75) is 13.0 Å². The minimum Gasteiger partial charge on any atom is -0.353 e. The lowest BCUT2D eigenvalue weighted by atomic mass is 10.2. The van der Waals surface area contributed by atoms with Crippen LogP contribution in [-0.2, 0) is 7.05 Å². The van der Waals surface area contributed by atoms with E-state index in [1.807, 2.05) is 14.0 Å². The van der Waals surface area contributed by atoms with E-state index in [4.69, 9.17) is 5.26 Å². The molecule has 0 aromatic carbocycles. The molecule has 9 nitrogen and oxygen atoms in total. The summed E-state index contributed by atoms with van der Waals surface area (Å²) >= 11 is 0. The van der Waals surface area contributed by atoms with E-state index in [-0.39, 0.29) is 12.1 Å². The fourth-order valence-corrected chi connectivity index (χ4v) is 2.82. The van der Waals surface area contributed by atoms with Gasteiger partial charge in [0, 0.05) is 39.4 Å². The summed E-state index contributed by atoms with van der Waals surface area (Å²) in [5, 5.41) is 19.8. The first-order chi connectivity index (χ1) is 12.1. The maximum atomic E-state index is 12.4. The molecular weight excluding hydrogens is 320 g/mol. The monoisotopic (exact) mass is 340 g/mol. The normalized spacial score (nSPS) is 15.6. The minimum atomic E-state index is -0.216. The standard InChI is InChI=1S/C16H20N8O/c1-12(15-21-19-11-22(15)2)20-16(25)24-7-5-23(6-8-24)14-9-13(10-17)3-4-18-14/h3-4,9,11-12H,5-8H2,1-2H3,(H,20,25)/t12-/m0/s1. The first-order valence-corrected chi connectivity index (χ1v) is 8.09. The number of nitriles is 1. The SMILES string of the molecule is C[C@H](NC(=O)N1CCN(c2cc(C#N)ccn2)CC1)c1nncn1C. The van der Waals surface area contributed by atoms with Gasteiger partial charge >= 0.3 is 6.03 Å². The van der Waals surface area contributed by atoms with Crippen LogP contribution in [0.25, 0.3) is 0 Å². The quantitative estimate of drug-likeness (QED) is 0.881. The Balaban J connectivity index is 1.56. The molecule has 3 heterocycles. The van der Waals surface area contributed by atoms with E-state index in [9.17, 15) is 4.79 Å². The maximum absolute atomic E-state index is 12.4. The molecule has 0 saturated carbocycles. The zero-order chi connectivity index (χ0) is 17.8. The topological polar surface area (TPSA) is 103 Å². The van der Waals surface area contributed by atoms with E-state index in [1.54, 1.807) is 34.1 Å². The Labute approximate surface area is 145 Å². The van der Waals surface area contributed by atoms with Crippen LogP contribution in [-0.4, -0.2) is 56.9 Å². The predicted octanol–water partition coefficient (Wildman–Crippen LogP) is 0.675. The lowest BCUT2D eigenvalue weighted by Crippen LogP contribution is -2.52. The van der Waals surface area contributed by atoms with E-state index in [0.29, 0.717) is 37.6 Å². The van der Waals surface area contributed by atoms with E-state index >= 15 is 0 Å². The molecule has 1 fully saturated rings. The Kier molecular flexibility index (Phi) is 4.79. The summed E-state index contributed by atoms with van der Waals surface area (Å²) < 4.78 is 1.79. The van der Waals surface area contributed by atoms with Gasteiger partial charge in [0.25, 0.3) is 0 Å². The molecule has 1 saturated heterocycles. The number of aromatic nitrogens is 4. The van der Waals surface area contributed by atoms with Crippen LogP contribution in [0.3, 0.4) is 0 Å². The number of pyridine rings is 1. The Morgan fingerprint density at radius 3 is 2.76 bits per heavy atom. The van der Waals surface area contributed by atoms with Gasteiger partial charge in [-0.2, -0.15) is 5.26 Å². The number of nitrogens with zero attached hydrogens (tertiary/aromatic N) is 7. The van der Waals surface area contributed by atoms with Crippen LogP contribution >= 0.6 is 0 Å². The molecule has 1 aliphatic heterocycles. The number of rotatable bonds is 3. The predicted molar refractivity (Wildman–Crippen MR) is 90.7 cm³/mol. The molecule has 2 aromatic rings. The highest BCUT2D eigenvalue weighted by Gasteiger charge is 2.24. The number of carbonyl (C=O) groups excluding carboxylic acids is 1. The fourth-order valence-electron chi connectivity index (χ4n) is 2.82. The van der Waals surface area contributed by atoms with Crippen molar-refractivity contribution in [3.8, 4) is 6.07 Å². The average molecular weight is 340 g/mol. The van der Waals surface area contributed by atoms with Gasteiger partial charge in [-0.25, -0.2) is 9.78 Å². The van der Waals surface area contributed by atoms with Gasteiger partial charge in [0.2, 0.25) is 0 Å². The van der Waals surface area contributed by atoms with Crippen LogP contribution in [0.4, 0.5) is 10.6 Å². The Morgan fingerprint density at radius 2 is 2.12 bits per heavy atom. The third-order valence-electron chi connectivity index (χ3n) is 4.24. The summed E-state index contributed by atoms with van der Waals surface area (Å²) in [5.74, 6) is 1.48. The summed E-state index contributed by atoms with van der Waals surface area (Å²) in [6.45, 7) is 4.42. The first-order valence-electron chi connectivity index (χ1n) is 8.09. The average Bonchev–Trinajstić information content (AvgIpc) is 3.08. The molecule has 0 bridgehead atoms. The molecule has 9 heteroatoms. The molecule has 3 rings (SSSR count). The van der Waals surface area contributed by atoms with Gasteiger partial charge in [-0.05, 0) is 19.1 Å². The Morgan fingerprint density at radius 1 is 1.36 bits per heavy atom. The van der Waals surface area contributed by atoms with E-state index in [2.05, 4.69) is 31.5 Å². The highest BCUT2D eigenvalue weighted by atomic mass is 16.2. The van der Waals surface area contributed by atoms with Crippen molar-refractivity contribution in [1.82, 2.24) is 30.0 Å². The zero-order valence-corrected chi connectivity index (χ0v) is 14.3. The van der Waals surface area contributed by atoms with E-state index < -0.39 is 0 Å². The van der Waals surface area contributed by atoms with Crippen LogP contribution in [0.5, 0.6) is 0 Å². The molecule has 1 N–H and O–H groups in total. The van der Waals surface area contributed by atoms with Gasteiger partial charge < -0.3 is 19.7 Å². The number of anilines is 1. The maximum Gasteiger partial charge on any atom is 0.318 e. The van der Waals surface area contributed by atoms with Crippen molar-refractivity contribution in [3.63, 3.8) is 0 Å². The van der Waals surface area contributed by atoms with Crippen molar-refractivity contribution in [1.29, 1.82) is 5.26 Å². The molecule has 2 aromatic heterocycles. The molecular formula is C16H20N8O. The van der Waals surface area contributed by atoms with Crippen LogP contribution in [0.1, 0.15) is 24.4 Å². The van der Waals surface area contributed by atoms with E-state index in [0.717, 1.165) is 5.82 Å². The van der Waals surface area contributed by atoms with E-state index in [1.165, 1.54) is 0 Å². The summed E-state index contributed by atoms with van der Waals surface area (Å²) in [7, 11) is 1.85. The number of piperazine rings is 1. The van der Waals surface area contributed by atoms with Crippen LogP contribution in [0, 0.1) is 11.3 Å². The van der Waals surface area contributed by atoms with Crippen LogP contribution in [0.15, 0.2) is 24.7 Å². The second-order valence-corrected chi connectivity index (χ2v) is 5.96. The molecule has 25 heavy (non-hydrogen) atoms. The third kappa shape index (κ3) is 3.68. The summed E-state index contributed by atoms with van der Waals surface area (Å²) in [6.07, 6.45) is 3.24. The van der Waals surface area contributed by atoms with Gasteiger partial charge in [0.05, 0.1) is 17.7 Å². The molecule has 1 aliphatic rings. The smallest absolute Gasteiger partial charge is 0.318 e. The highest BCUT2D eigenvalue weighted by molar-refractivity contribution is 5.75. The van der Waals surface area contributed by atoms with Crippen molar-refractivity contribution in [2.24, 2.45) is 7.05 Å². The number of nitrogens with one attached hydrogen (secondary N) is 1. The third-order valence-corrected chi connectivity index (χ3v) is 4.24. The number of hydrogen-bond donors (Lipinski definition) is 1. The molecule has 0 unspecified atom stereocenters. The lowest BCUT2D eigenvalue weighted by Gasteiger charge is -2.35. The Hall–Kier alpha value is -3.15.